The molecule has 0 saturated carbocycles. The zero-order chi connectivity index (χ0) is 23.3. The Bertz CT molecular complexity index is 992. The number of alkyl halides is 3. The average Bonchev–Trinajstić information content (AvgIpc) is 2.95. The highest BCUT2D eigenvalue weighted by Crippen LogP contribution is 2.34. The quantitative estimate of drug-likeness (QED) is 0.496. The van der Waals surface area contributed by atoms with Gasteiger partial charge in [0.25, 0.3) is 0 Å². The molecule has 0 spiro atoms. The van der Waals surface area contributed by atoms with E-state index < -0.39 is 17.6 Å². The first-order chi connectivity index (χ1) is 15.1. The van der Waals surface area contributed by atoms with Gasteiger partial charge in [0.15, 0.2) is 5.11 Å². The normalized spacial score (nSPS) is 15.2. The largest absolute Gasteiger partial charge is 0.418 e. The fraction of sp³-hybridized carbons (Fsp3) is 0.333. The number of carbonyl (C=O) groups is 1. The summed E-state index contributed by atoms with van der Waals surface area (Å²) in [7, 11) is 0. The number of halogens is 5. The highest BCUT2D eigenvalue weighted by Gasteiger charge is 2.33. The molecule has 2 N–H and O–H groups in total. The minimum Gasteiger partial charge on any atom is -0.348 e. The summed E-state index contributed by atoms with van der Waals surface area (Å²) in [6, 6.07) is 10.4. The molecule has 2 aromatic rings. The predicted octanol–water partition coefficient (Wildman–Crippen LogP) is 5.46. The van der Waals surface area contributed by atoms with Crippen LogP contribution in [0.2, 0.25) is 5.02 Å². The molecule has 32 heavy (non-hydrogen) atoms. The summed E-state index contributed by atoms with van der Waals surface area (Å²) >= 11 is 15.1. The van der Waals surface area contributed by atoms with Crippen LogP contribution in [0.5, 0.6) is 0 Å². The fourth-order valence-electron chi connectivity index (χ4n) is 3.35. The first-order valence-electron chi connectivity index (χ1n) is 9.83. The lowest BCUT2D eigenvalue weighted by atomic mass is 10.1. The maximum Gasteiger partial charge on any atom is 0.418 e. The molecule has 3 rings (SSSR count). The monoisotopic (exact) mass is 548 g/mol. The van der Waals surface area contributed by atoms with Crippen molar-refractivity contribution in [2.75, 3.05) is 43.4 Å². The van der Waals surface area contributed by atoms with Gasteiger partial charge >= 0.3 is 6.18 Å². The van der Waals surface area contributed by atoms with Crippen LogP contribution in [0.25, 0.3) is 0 Å². The Morgan fingerprint density at radius 1 is 1.06 bits per heavy atom. The Morgan fingerprint density at radius 3 is 2.53 bits per heavy atom. The Labute approximate surface area is 203 Å². The molecule has 1 heterocycles. The molecule has 0 radical (unpaired) electrons. The van der Waals surface area contributed by atoms with Crippen molar-refractivity contribution in [1.82, 2.24) is 9.80 Å². The summed E-state index contributed by atoms with van der Waals surface area (Å²) in [6.07, 6.45) is -3.78. The van der Waals surface area contributed by atoms with Crippen LogP contribution in [0, 0.1) is 0 Å². The smallest absolute Gasteiger partial charge is 0.348 e. The van der Waals surface area contributed by atoms with Gasteiger partial charge in [-0.3, -0.25) is 9.69 Å². The number of hydrogen-bond donors (Lipinski definition) is 2. The predicted molar refractivity (Wildman–Crippen MR) is 128 cm³/mol. The second-order valence-corrected chi connectivity index (χ2v) is 8.97. The fourth-order valence-corrected chi connectivity index (χ4v) is 4.36. The Balaban J connectivity index is 1.54. The number of para-hydroxylation sites is 1. The van der Waals surface area contributed by atoms with E-state index in [-0.39, 0.29) is 12.2 Å². The number of hydrogen-bond acceptors (Lipinski definition) is 3. The van der Waals surface area contributed by atoms with Crippen LogP contribution < -0.4 is 10.6 Å². The Hall–Kier alpha value is -1.88. The van der Waals surface area contributed by atoms with Crippen molar-refractivity contribution in [3.05, 3.63) is 57.5 Å². The summed E-state index contributed by atoms with van der Waals surface area (Å²) in [5.41, 5.74) is -0.403. The van der Waals surface area contributed by atoms with E-state index in [4.69, 9.17) is 23.8 Å². The molecular formula is C21H21BrClF3N4OS. The zero-order valence-corrected chi connectivity index (χ0v) is 20.0. The van der Waals surface area contributed by atoms with E-state index in [1.165, 1.54) is 18.2 Å². The second kappa shape index (κ2) is 10.8. The van der Waals surface area contributed by atoms with Gasteiger partial charge in [0.05, 0.1) is 28.5 Å². The number of thiocarbonyl (C=S) groups is 1. The van der Waals surface area contributed by atoms with E-state index in [0.29, 0.717) is 42.0 Å². The van der Waals surface area contributed by atoms with E-state index in [1.807, 2.05) is 21.9 Å². The number of carbonyl (C=O) groups excluding carboxylic acids is 1. The van der Waals surface area contributed by atoms with Crippen LogP contribution in [0.4, 0.5) is 24.5 Å². The number of rotatable bonds is 4. The van der Waals surface area contributed by atoms with E-state index in [1.54, 1.807) is 6.07 Å². The van der Waals surface area contributed by atoms with Gasteiger partial charge in [0.2, 0.25) is 5.91 Å². The zero-order valence-electron chi connectivity index (χ0n) is 16.9. The van der Waals surface area contributed by atoms with Gasteiger partial charge in [-0.05, 0) is 49.0 Å². The van der Waals surface area contributed by atoms with Crippen LogP contribution >= 0.6 is 39.7 Å². The first kappa shape index (κ1) is 24.8. The van der Waals surface area contributed by atoms with Gasteiger partial charge in [-0.25, -0.2) is 0 Å². The van der Waals surface area contributed by atoms with Crippen LogP contribution in [-0.2, 0) is 11.0 Å². The van der Waals surface area contributed by atoms with Gasteiger partial charge in [-0.2, -0.15) is 13.2 Å². The molecule has 0 unspecified atom stereocenters. The molecule has 0 bridgehead atoms. The van der Waals surface area contributed by atoms with Crippen molar-refractivity contribution in [3.63, 3.8) is 0 Å². The van der Waals surface area contributed by atoms with Crippen molar-refractivity contribution in [1.29, 1.82) is 0 Å². The second-order valence-electron chi connectivity index (χ2n) is 7.26. The highest BCUT2D eigenvalue weighted by atomic mass is 79.9. The molecule has 11 heteroatoms. The summed E-state index contributed by atoms with van der Waals surface area (Å²) in [5, 5.41) is 6.60. The topological polar surface area (TPSA) is 47.6 Å². The molecule has 2 aromatic carbocycles. The number of amides is 1. The summed E-state index contributed by atoms with van der Waals surface area (Å²) in [6.45, 7) is 2.44. The highest BCUT2D eigenvalue weighted by molar-refractivity contribution is 9.10. The Kier molecular flexibility index (Phi) is 8.37. The molecule has 5 nitrogen and oxygen atoms in total. The maximum atomic E-state index is 13.1. The third-order valence-corrected chi connectivity index (χ3v) is 6.09. The summed E-state index contributed by atoms with van der Waals surface area (Å²) in [5.74, 6) is -0.488. The average molecular weight is 550 g/mol. The van der Waals surface area contributed by atoms with Gasteiger partial charge in [-0.1, -0.05) is 39.7 Å². The maximum absolute atomic E-state index is 13.1. The molecular weight excluding hydrogens is 529 g/mol. The van der Waals surface area contributed by atoms with Gasteiger partial charge in [0.1, 0.15) is 0 Å². The lowest BCUT2D eigenvalue weighted by Gasteiger charge is -2.25. The lowest BCUT2D eigenvalue weighted by Crippen LogP contribution is -2.39. The number of benzene rings is 2. The van der Waals surface area contributed by atoms with Crippen molar-refractivity contribution in [2.24, 2.45) is 0 Å². The summed E-state index contributed by atoms with van der Waals surface area (Å²) < 4.78 is 40.3. The van der Waals surface area contributed by atoms with Crippen molar-refractivity contribution < 1.29 is 18.0 Å². The molecule has 1 aliphatic heterocycles. The van der Waals surface area contributed by atoms with Gasteiger partial charge < -0.3 is 15.5 Å². The number of anilines is 2. The number of nitrogens with zero attached hydrogens (tertiary/aromatic N) is 2. The third kappa shape index (κ3) is 6.81. The lowest BCUT2D eigenvalue weighted by molar-refractivity contribution is -0.137. The third-order valence-electron chi connectivity index (χ3n) is 4.92. The minimum absolute atomic E-state index is 0.00123. The molecule has 0 aliphatic carbocycles. The first-order valence-corrected chi connectivity index (χ1v) is 11.4. The molecule has 1 aliphatic rings. The van der Waals surface area contributed by atoms with Crippen LogP contribution in [0.15, 0.2) is 46.9 Å². The molecule has 1 fully saturated rings. The van der Waals surface area contributed by atoms with E-state index in [9.17, 15) is 18.0 Å². The van der Waals surface area contributed by atoms with E-state index in [2.05, 4.69) is 26.6 Å². The molecule has 1 saturated heterocycles. The minimum atomic E-state index is -4.53. The summed E-state index contributed by atoms with van der Waals surface area (Å²) in [4.78, 5) is 16.3. The van der Waals surface area contributed by atoms with Crippen molar-refractivity contribution in [2.45, 2.75) is 12.6 Å². The Morgan fingerprint density at radius 2 is 1.81 bits per heavy atom. The van der Waals surface area contributed by atoms with Crippen LogP contribution in [-0.4, -0.2) is 53.5 Å². The van der Waals surface area contributed by atoms with Crippen LogP contribution in [0.1, 0.15) is 12.0 Å². The molecule has 172 valence electrons. The SMILES string of the molecule is O=C(CN1CCCN(C(=S)Nc2ccc(Br)cc2Cl)CC1)Nc1ccccc1C(F)(F)F. The van der Waals surface area contributed by atoms with Crippen molar-refractivity contribution in [3.8, 4) is 0 Å². The van der Waals surface area contributed by atoms with Gasteiger partial charge in [-0.15, -0.1) is 0 Å². The number of nitrogens with one attached hydrogen (secondary N) is 2. The molecule has 1 amide bonds. The van der Waals surface area contributed by atoms with Crippen molar-refractivity contribution >= 4 is 62.1 Å². The molecule has 0 aromatic heterocycles. The molecule has 0 atom stereocenters. The van der Waals surface area contributed by atoms with Gasteiger partial charge in [0, 0.05) is 30.7 Å². The van der Waals surface area contributed by atoms with E-state index >= 15 is 0 Å². The standard InChI is InChI=1S/C21H21BrClF3N4OS/c22-14-6-7-18(16(23)12-14)28-20(32)30-9-3-8-29(10-11-30)13-19(31)27-17-5-2-1-4-15(17)21(24,25)26/h1-2,4-7,12H,3,8-11,13H2,(H,27,31)(H,28,32). The van der Waals surface area contributed by atoms with Crippen LogP contribution in [0.3, 0.4) is 0 Å². The van der Waals surface area contributed by atoms with E-state index in [0.717, 1.165) is 17.0 Å².